The Morgan fingerprint density at radius 3 is 2.37 bits per heavy atom. The van der Waals surface area contributed by atoms with Crippen molar-refractivity contribution in [3.8, 4) is 11.5 Å². The third-order valence-corrected chi connectivity index (χ3v) is 7.00. The number of ether oxygens (including phenoxy) is 4. The number of aromatic nitrogens is 1. The van der Waals surface area contributed by atoms with Crippen LogP contribution in [0.2, 0.25) is 0 Å². The van der Waals surface area contributed by atoms with Gasteiger partial charge in [-0.2, -0.15) is 0 Å². The van der Waals surface area contributed by atoms with E-state index in [9.17, 15) is 9.59 Å². The van der Waals surface area contributed by atoms with E-state index in [-0.39, 0.29) is 0 Å². The number of esters is 2. The summed E-state index contributed by atoms with van der Waals surface area (Å²) < 4.78 is 23.8. The van der Waals surface area contributed by atoms with Crippen LogP contribution in [0.1, 0.15) is 43.4 Å². The molecule has 1 saturated heterocycles. The van der Waals surface area contributed by atoms with Gasteiger partial charge in [-0.3, -0.25) is 9.59 Å². The van der Waals surface area contributed by atoms with Crippen molar-refractivity contribution in [2.75, 3.05) is 6.61 Å². The van der Waals surface area contributed by atoms with Crippen molar-refractivity contribution < 1.29 is 28.5 Å². The number of H-pyrrole nitrogens is 1. The number of fused-ring (bicyclic) bond motifs is 1. The summed E-state index contributed by atoms with van der Waals surface area (Å²) in [4.78, 5) is 29.8. The number of nitrogens with one attached hydrogen (secondary N) is 1. The standard InChI is InChI=1S/C30H28BrNO6/c1-4-35-24-15-19(14-22(31)27(24)36-17-18-10-6-5-7-11-18)25(21-16-32-23-13-9-8-12-20(21)23)26-28(33)37-30(2,3)38-29(26)34/h5-16,25-26,32H,4,17H2,1-3H3/t25-/m0/s1. The topological polar surface area (TPSA) is 86.9 Å². The molecule has 196 valence electrons. The minimum absolute atomic E-state index is 0.348. The zero-order valence-corrected chi connectivity index (χ0v) is 22.9. The highest BCUT2D eigenvalue weighted by Crippen LogP contribution is 2.45. The van der Waals surface area contributed by atoms with Gasteiger partial charge in [0.25, 0.3) is 5.79 Å². The molecule has 0 aliphatic carbocycles. The Bertz CT molecular complexity index is 1460. The Balaban J connectivity index is 1.62. The van der Waals surface area contributed by atoms with Crippen LogP contribution in [0.4, 0.5) is 0 Å². The Morgan fingerprint density at radius 2 is 1.66 bits per heavy atom. The first-order valence-corrected chi connectivity index (χ1v) is 13.2. The van der Waals surface area contributed by atoms with Crippen molar-refractivity contribution in [2.45, 2.75) is 39.1 Å². The Kier molecular flexibility index (Phi) is 7.17. The lowest BCUT2D eigenvalue weighted by Gasteiger charge is -2.36. The third-order valence-electron chi connectivity index (χ3n) is 6.41. The van der Waals surface area contributed by atoms with Crippen LogP contribution >= 0.6 is 15.9 Å². The molecule has 4 aromatic rings. The summed E-state index contributed by atoms with van der Waals surface area (Å²) in [5.74, 6) is -3.50. The summed E-state index contributed by atoms with van der Waals surface area (Å²) in [6.45, 7) is 5.72. The van der Waals surface area contributed by atoms with E-state index in [0.717, 1.165) is 22.0 Å². The summed E-state index contributed by atoms with van der Waals surface area (Å²) in [7, 11) is 0. The molecular formula is C30H28BrNO6. The minimum Gasteiger partial charge on any atom is -0.490 e. The molecule has 0 spiro atoms. The predicted octanol–water partition coefficient (Wildman–Crippen LogP) is 6.49. The number of cyclic esters (lactones) is 2. The molecule has 1 atom stereocenters. The van der Waals surface area contributed by atoms with Crippen LogP contribution in [-0.2, 0) is 25.7 Å². The van der Waals surface area contributed by atoms with E-state index in [2.05, 4.69) is 20.9 Å². The second-order valence-corrected chi connectivity index (χ2v) is 10.4. The first-order valence-electron chi connectivity index (χ1n) is 12.4. The third kappa shape index (κ3) is 5.13. The molecular weight excluding hydrogens is 550 g/mol. The van der Waals surface area contributed by atoms with Gasteiger partial charge < -0.3 is 23.9 Å². The zero-order valence-electron chi connectivity index (χ0n) is 21.3. The van der Waals surface area contributed by atoms with Gasteiger partial charge in [0.15, 0.2) is 17.4 Å². The molecule has 0 saturated carbocycles. The lowest BCUT2D eigenvalue weighted by molar-refractivity contribution is -0.240. The molecule has 0 radical (unpaired) electrons. The lowest BCUT2D eigenvalue weighted by Crippen LogP contribution is -2.48. The molecule has 1 N–H and O–H groups in total. The van der Waals surface area contributed by atoms with Crippen molar-refractivity contribution in [2.24, 2.45) is 5.92 Å². The minimum atomic E-state index is -1.33. The van der Waals surface area contributed by atoms with Gasteiger partial charge in [-0.15, -0.1) is 0 Å². The highest BCUT2D eigenvalue weighted by Gasteiger charge is 2.49. The van der Waals surface area contributed by atoms with Gasteiger partial charge in [0.05, 0.1) is 11.1 Å². The molecule has 1 aromatic heterocycles. The number of halogens is 1. The summed E-state index contributed by atoms with van der Waals surface area (Å²) in [6.07, 6.45) is 1.82. The molecule has 1 aliphatic rings. The van der Waals surface area contributed by atoms with Crippen LogP contribution < -0.4 is 9.47 Å². The fraction of sp³-hybridized carbons (Fsp3) is 0.267. The maximum Gasteiger partial charge on any atom is 0.324 e. The SMILES string of the molecule is CCOc1cc([C@@H](c2c[nH]c3ccccc23)C2C(=O)OC(C)(C)OC2=O)cc(Br)c1OCc1ccccc1. The van der Waals surface area contributed by atoms with Crippen molar-refractivity contribution in [3.63, 3.8) is 0 Å². The van der Waals surface area contributed by atoms with E-state index in [4.69, 9.17) is 18.9 Å². The number of carbonyl (C=O) groups excluding carboxylic acids is 2. The number of aromatic amines is 1. The van der Waals surface area contributed by atoms with Gasteiger partial charge in [-0.25, -0.2) is 0 Å². The molecule has 0 amide bonds. The Hall–Kier alpha value is -3.78. The van der Waals surface area contributed by atoms with Gasteiger partial charge in [0.2, 0.25) is 0 Å². The van der Waals surface area contributed by atoms with Gasteiger partial charge in [0, 0.05) is 36.9 Å². The maximum atomic E-state index is 13.3. The largest absolute Gasteiger partial charge is 0.490 e. The lowest BCUT2D eigenvalue weighted by atomic mass is 9.80. The van der Waals surface area contributed by atoms with Gasteiger partial charge in [-0.05, 0) is 57.7 Å². The van der Waals surface area contributed by atoms with Crippen LogP contribution in [0.25, 0.3) is 10.9 Å². The monoisotopic (exact) mass is 577 g/mol. The van der Waals surface area contributed by atoms with Crippen molar-refractivity contribution in [3.05, 3.63) is 94.1 Å². The molecule has 2 heterocycles. The number of para-hydroxylation sites is 1. The molecule has 0 unspecified atom stereocenters. The average Bonchev–Trinajstić information content (AvgIpc) is 3.29. The zero-order chi connectivity index (χ0) is 26.9. The van der Waals surface area contributed by atoms with E-state index >= 15 is 0 Å². The van der Waals surface area contributed by atoms with E-state index in [0.29, 0.717) is 34.7 Å². The molecule has 3 aromatic carbocycles. The van der Waals surface area contributed by atoms with Crippen molar-refractivity contribution >= 4 is 38.8 Å². The fourth-order valence-corrected chi connectivity index (χ4v) is 5.38. The van der Waals surface area contributed by atoms with E-state index < -0.39 is 29.6 Å². The fourth-order valence-electron chi connectivity index (χ4n) is 4.80. The van der Waals surface area contributed by atoms with Gasteiger partial charge >= 0.3 is 11.9 Å². The number of benzene rings is 3. The Morgan fingerprint density at radius 1 is 0.974 bits per heavy atom. The number of hydrogen-bond acceptors (Lipinski definition) is 6. The second-order valence-electron chi connectivity index (χ2n) is 9.52. The number of hydrogen-bond donors (Lipinski definition) is 1. The second kappa shape index (κ2) is 10.5. The van der Waals surface area contributed by atoms with Crippen LogP contribution in [0, 0.1) is 5.92 Å². The first kappa shape index (κ1) is 25.9. The molecule has 1 fully saturated rings. The number of rotatable bonds is 8. The predicted molar refractivity (Wildman–Crippen MR) is 146 cm³/mol. The smallest absolute Gasteiger partial charge is 0.324 e. The molecule has 0 bridgehead atoms. The molecule has 8 heteroatoms. The quantitative estimate of drug-likeness (QED) is 0.190. The van der Waals surface area contributed by atoms with Crippen LogP contribution in [0.15, 0.2) is 77.4 Å². The van der Waals surface area contributed by atoms with Crippen LogP contribution in [0.3, 0.4) is 0 Å². The van der Waals surface area contributed by atoms with E-state index in [1.165, 1.54) is 0 Å². The van der Waals surface area contributed by atoms with Crippen LogP contribution in [0.5, 0.6) is 11.5 Å². The first-order chi connectivity index (χ1) is 18.3. The van der Waals surface area contributed by atoms with Crippen molar-refractivity contribution in [1.82, 2.24) is 4.98 Å². The Labute approximate surface area is 229 Å². The summed E-state index contributed by atoms with van der Waals surface area (Å²) in [5, 5.41) is 0.890. The molecule has 38 heavy (non-hydrogen) atoms. The molecule has 7 nitrogen and oxygen atoms in total. The summed E-state index contributed by atoms with van der Waals surface area (Å²) >= 11 is 3.65. The molecule has 5 rings (SSSR count). The van der Waals surface area contributed by atoms with Gasteiger partial charge in [0.1, 0.15) is 6.61 Å². The maximum absolute atomic E-state index is 13.3. The van der Waals surface area contributed by atoms with Crippen LogP contribution in [-0.4, -0.2) is 29.3 Å². The van der Waals surface area contributed by atoms with Gasteiger partial charge in [-0.1, -0.05) is 48.5 Å². The number of carbonyl (C=O) groups is 2. The average molecular weight is 578 g/mol. The normalized spacial score (nSPS) is 16.1. The summed E-state index contributed by atoms with van der Waals surface area (Å²) in [6, 6.07) is 21.2. The highest BCUT2D eigenvalue weighted by atomic mass is 79.9. The highest BCUT2D eigenvalue weighted by molar-refractivity contribution is 9.10. The molecule has 1 aliphatic heterocycles. The summed E-state index contributed by atoms with van der Waals surface area (Å²) in [5.41, 5.74) is 3.34. The van der Waals surface area contributed by atoms with Crippen molar-refractivity contribution in [1.29, 1.82) is 0 Å². The van der Waals surface area contributed by atoms with E-state index in [1.54, 1.807) is 13.8 Å². The van der Waals surface area contributed by atoms with E-state index in [1.807, 2.05) is 79.9 Å².